The summed E-state index contributed by atoms with van der Waals surface area (Å²) in [5.41, 5.74) is 5.33. The summed E-state index contributed by atoms with van der Waals surface area (Å²) in [5.74, 6) is -2.25. The zero-order chi connectivity index (χ0) is 23.8. The molecule has 3 amide bonds. The van der Waals surface area contributed by atoms with Crippen LogP contribution in [-0.4, -0.2) is 67.5 Å². The van der Waals surface area contributed by atoms with E-state index in [1.807, 2.05) is 0 Å². The lowest BCUT2D eigenvalue weighted by Gasteiger charge is -2.49. The van der Waals surface area contributed by atoms with Gasteiger partial charge in [0.15, 0.2) is 11.2 Å². The highest BCUT2D eigenvalue weighted by atomic mass is 35.5. The van der Waals surface area contributed by atoms with Gasteiger partial charge in [-0.25, -0.2) is 14.6 Å². The third-order valence-corrected chi connectivity index (χ3v) is 6.82. The first-order valence-electron chi connectivity index (χ1n) is 9.39. The van der Waals surface area contributed by atoms with Crippen molar-refractivity contribution in [2.24, 2.45) is 0 Å². The summed E-state index contributed by atoms with van der Waals surface area (Å²) in [4.78, 5) is 54.8. The Morgan fingerprint density at radius 3 is 2.66 bits per heavy atom. The second kappa shape index (κ2) is 9.16. The molecule has 1 saturated heterocycles. The first-order valence-corrected chi connectivity index (χ1v) is 11.9. The second-order valence-electron chi connectivity index (χ2n) is 7.98. The molecular formula is C18H22ClN5O6S2. The minimum Gasteiger partial charge on any atom is -0.477 e. The topological polar surface area (TPSA) is 164 Å². The number of alkyl carbamates (subject to hydrolysis) is 1. The molecule has 174 valence electrons. The van der Waals surface area contributed by atoms with E-state index in [9.17, 15) is 24.3 Å². The molecule has 3 atom stereocenters. The van der Waals surface area contributed by atoms with Crippen LogP contribution in [-0.2, 0) is 19.1 Å². The average molecular weight is 504 g/mol. The van der Waals surface area contributed by atoms with Crippen LogP contribution in [0.3, 0.4) is 0 Å². The minimum absolute atomic E-state index is 0.0186. The maximum atomic E-state index is 13.0. The fourth-order valence-electron chi connectivity index (χ4n) is 3.16. The van der Waals surface area contributed by atoms with E-state index in [2.05, 4.69) is 15.6 Å². The van der Waals surface area contributed by atoms with Crippen LogP contribution in [0.5, 0.6) is 0 Å². The number of aromatic nitrogens is 1. The molecule has 1 aromatic rings. The SMILES string of the molecule is CC(C)(C)OC(=O)NC(C(=O)N[C@@H]1C(=O)N2C(C(=O)O)=C(CCl)CS[C@H]12)c1csc(N)n1. The molecule has 0 saturated carbocycles. The predicted octanol–water partition coefficient (Wildman–Crippen LogP) is 1.27. The van der Waals surface area contributed by atoms with Crippen LogP contribution >= 0.6 is 34.7 Å². The van der Waals surface area contributed by atoms with Gasteiger partial charge < -0.3 is 26.2 Å². The van der Waals surface area contributed by atoms with E-state index in [-0.39, 0.29) is 22.4 Å². The largest absolute Gasteiger partial charge is 0.477 e. The average Bonchev–Trinajstić information content (AvgIpc) is 3.13. The number of β-lactam (4-membered cyclic amide) rings is 1. The number of rotatable bonds is 6. The summed E-state index contributed by atoms with van der Waals surface area (Å²) < 4.78 is 5.21. The van der Waals surface area contributed by atoms with E-state index >= 15 is 0 Å². The molecule has 2 aliphatic heterocycles. The number of alkyl halides is 1. The fraction of sp³-hybridized carbons (Fsp3) is 0.500. The van der Waals surface area contributed by atoms with Crippen LogP contribution < -0.4 is 16.4 Å². The zero-order valence-electron chi connectivity index (χ0n) is 17.4. The van der Waals surface area contributed by atoms with Crippen molar-refractivity contribution in [1.82, 2.24) is 20.5 Å². The van der Waals surface area contributed by atoms with Crippen molar-refractivity contribution < 1.29 is 29.0 Å². The van der Waals surface area contributed by atoms with Crippen LogP contribution in [0.2, 0.25) is 0 Å². The van der Waals surface area contributed by atoms with Gasteiger partial charge in [0.1, 0.15) is 22.7 Å². The number of nitrogens with one attached hydrogen (secondary N) is 2. The summed E-state index contributed by atoms with van der Waals surface area (Å²) >= 11 is 8.20. The van der Waals surface area contributed by atoms with Gasteiger partial charge in [0, 0.05) is 17.0 Å². The van der Waals surface area contributed by atoms with Gasteiger partial charge in [0.05, 0.1) is 5.69 Å². The molecule has 0 radical (unpaired) electrons. The number of carbonyl (C=O) groups excluding carboxylic acids is 3. The molecule has 0 spiro atoms. The van der Waals surface area contributed by atoms with Crippen molar-refractivity contribution in [2.45, 2.75) is 43.8 Å². The van der Waals surface area contributed by atoms with Gasteiger partial charge in [0.2, 0.25) is 5.91 Å². The Labute approximate surface area is 196 Å². The number of carboxylic acid groups (broad SMARTS) is 1. The van der Waals surface area contributed by atoms with Crippen molar-refractivity contribution in [3.05, 3.63) is 22.3 Å². The van der Waals surface area contributed by atoms with Gasteiger partial charge in [0.25, 0.3) is 5.91 Å². The van der Waals surface area contributed by atoms with Gasteiger partial charge >= 0.3 is 12.1 Å². The summed E-state index contributed by atoms with van der Waals surface area (Å²) in [6, 6.07) is -2.24. The van der Waals surface area contributed by atoms with Crippen LogP contribution in [0, 0.1) is 0 Å². The number of ether oxygens (including phenoxy) is 1. The van der Waals surface area contributed by atoms with Crippen molar-refractivity contribution in [1.29, 1.82) is 0 Å². The first kappa shape index (κ1) is 24.1. The number of carbonyl (C=O) groups is 4. The van der Waals surface area contributed by atoms with Crippen LogP contribution in [0.15, 0.2) is 16.7 Å². The lowest BCUT2D eigenvalue weighted by Crippen LogP contribution is -2.71. The molecule has 0 bridgehead atoms. The minimum atomic E-state index is -1.26. The Morgan fingerprint density at radius 1 is 1.44 bits per heavy atom. The normalized spacial score (nSPS) is 21.4. The predicted molar refractivity (Wildman–Crippen MR) is 119 cm³/mol. The van der Waals surface area contributed by atoms with Crippen LogP contribution in [0.1, 0.15) is 32.5 Å². The number of thiazole rings is 1. The lowest BCUT2D eigenvalue weighted by atomic mass is 10.0. The highest BCUT2D eigenvalue weighted by molar-refractivity contribution is 8.00. The number of fused-ring (bicyclic) bond motifs is 1. The molecule has 32 heavy (non-hydrogen) atoms. The monoisotopic (exact) mass is 503 g/mol. The third kappa shape index (κ3) is 4.94. The fourth-order valence-corrected chi connectivity index (χ4v) is 5.42. The summed E-state index contributed by atoms with van der Waals surface area (Å²) in [6.45, 7) is 5.02. The summed E-state index contributed by atoms with van der Waals surface area (Å²) in [5, 5.41) is 15.6. The van der Waals surface area contributed by atoms with E-state index in [4.69, 9.17) is 22.1 Å². The Balaban J connectivity index is 1.77. The van der Waals surface area contributed by atoms with Gasteiger partial charge in [-0.15, -0.1) is 34.7 Å². The Kier molecular flexibility index (Phi) is 6.91. The van der Waals surface area contributed by atoms with Gasteiger partial charge in [-0.2, -0.15) is 0 Å². The lowest BCUT2D eigenvalue weighted by molar-refractivity contribution is -0.151. The zero-order valence-corrected chi connectivity index (χ0v) is 19.8. The van der Waals surface area contributed by atoms with Crippen molar-refractivity contribution in [3.63, 3.8) is 0 Å². The third-order valence-electron chi connectivity index (χ3n) is 4.47. The van der Waals surface area contributed by atoms with Crippen molar-refractivity contribution >= 4 is 63.7 Å². The highest BCUT2D eigenvalue weighted by Crippen LogP contribution is 2.40. The maximum absolute atomic E-state index is 13.0. The van der Waals surface area contributed by atoms with Gasteiger partial charge in [-0.3, -0.25) is 14.5 Å². The van der Waals surface area contributed by atoms with E-state index in [1.54, 1.807) is 20.8 Å². The molecule has 1 aromatic heterocycles. The number of hydrogen-bond acceptors (Lipinski definition) is 9. The van der Waals surface area contributed by atoms with Gasteiger partial charge in [-0.1, -0.05) is 0 Å². The molecule has 1 unspecified atom stereocenters. The smallest absolute Gasteiger partial charge is 0.408 e. The molecule has 14 heteroatoms. The number of halogens is 1. The summed E-state index contributed by atoms with van der Waals surface area (Å²) in [6.07, 6.45) is -0.847. The number of amides is 3. The van der Waals surface area contributed by atoms with E-state index in [1.165, 1.54) is 17.1 Å². The molecule has 11 nitrogen and oxygen atoms in total. The molecule has 1 fully saturated rings. The summed E-state index contributed by atoms with van der Waals surface area (Å²) in [7, 11) is 0. The van der Waals surface area contributed by atoms with Crippen molar-refractivity contribution in [2.75, 3.05) is 17.4 Å². The number of hydrogen-bond donors (Lipinski definition) is 4. The van der Waals surface area contributed by atoms with E-state index in [0.717, 1.165) is 16.2 Å². The van der Waals surface area contributed by atoms with E-state index < -0.39 is 46.9 Å². The van der Waals surface area contributed by atoms with Gasteiger partial charge in [-0.05, 0) is 26.3 Å². The number of nitrogens with zero attached hydrogens (tertiary/aromatic N) is 2. The Hall–Kier alpha value is -2.51. The Morgan fingerprint density at radius 2 is 2.12 bits per heavy atom. The molecule has 0 aromatic carbocycles. The number of thioether (sulfide) groups is 1. The van der Waals surface area contributed by atoms with Crippen LogP contribution in [0.25, 0.3) is 0 Å². The quantitative estimate of drug-likeness (QED) is 0.330. The molecule has 5 N–H and O–H groups in total. The second-order valence-corrected chi connectivity index (χ2v) is 10.2. The number of aliphatic carboxylic acids is 1. The standard InChI is InChI=1S/C18H22ClN5O6S2/c1-18(2,3)30-17(29)23-9(8-6-32-16(20)21-8)12(25)22-10-13(26)24-11(15(27)28)7(4-19)5-31-14(10)24/h6,9-10,14H,4-5H2,1-3H3,(H2,20,21)(H,22,25)(H,23,29)(H,27,28)/t9?,10-,14-/m1/s1. The molecule has 2 aliphatic rings. The molecule has 3 rings (SSSR count). The van der Waals surface area contributed by atoms with E-state index in [0.29, 0.717) is 11.3 Å². The first-order chi connectivity index (χ1) is 14.9. The number of nitrogens with two attached hydrogens (primary N) is 1. The number of carboxylic acids is 1. The maximum Gasteiger partial charge on any atom is 0.408 e. The number of nitrogen functional groups attached to an aromatic ring is 1. The highest BCUT2D eigenvalue weighted by Gasteiger charge is 2.54. The Bertz CT molecular complexity index is 991. The molecule has 0 aliphatic carbocycles. The van der Waals surface area contributed by atoms with Crippen LogP contribution in [0.4, 0.5) is 9.93 Å². The number of anilines is 1. The molecular weight excluding hydrogens is 482 g/mol. The molecule has 3 heterocycles. The van der Waals surface area contributed by atoms with Crippen molar-refractivity contribution in [3.8, 4) is 0 Å².